The molecule has 3 heterocycles. The Hall–Kier alpha value is -1.90. The van der Waals surface area contributed by atoms with Crippen LogP contribution < -0.4 is 5.32 Å². The van der Waals surface area contributed by atoms with Crippen molar-refractivity contribution in [2.45, 2.75) is 30.4 Å². The zero-order chi connectivity index (χ0) is 17.7. The maximum atomic E-state index is 13.0. The van der Waals surface area contributed by atoms with E-state index in [1.807, 2.05) is 6.07 Å². The Bertz CT molecular complexity index is 889. The molecule has 2 atom stereocenters. The summed E-state index contributed by atoms with van der Waals surface area (Å²) in [6.45, 7) is 1.03. The van der Waals surface area contributed by atoms with Crippen LogP contribution in [-0.4, -0.2) is 49.5 Å². The van der Waals surface area contributed by atoms with Gasteiger partial charge in [-0.2, -0.15) is 4.31 Å². The zero-order valence-corrected chi connectivity index (χ0v) is 14.5. The van der Waals surface area contributed by atoms with E-state index in [0.717, 1.165) is 13.0 Å². The summed E-state index contributed by atoms with van der Waals surface area (Å²) < 4.78 is 32.8. The topological polar surface area (TPSA) is 99.9 Å². The van der Waals surface area contributed by atoms with Crippen LogP contribution in [0.15, 0.2) is 39.8 Å². The highest BCUT2D eigenvalue weighted by Gasteiger charge is 2.53. The summed E-state index contributed by atoms with van der Waals surface area (Å²) in [4.78, 5) is 12.0. The maximum Gasteiger partial charge on any atom is 0.312 e. The normalized spacial score (nSPS) is 27.9. The Morgan fingerprint density at radius 1 is 1.36 bits per heavy atom. The maximum absolute atomic E-state index is 13.0. The monoisotopic (exact) mass is 364 g/mol. The molecule has 1 aromatic heterocycles. The fraction of sp³-hybridized carbons (Fsp3) is 0.471. The molecule has 8 heteroatoms. The lowest BCUT2D eigenvalue weighted by molar-refractivity contribution is -0.155. The third-order valence-electron chi connectivity index (χ3n) is 5.41. The number of furan rings is 1. The Labute approximate surface area is 145 Å². The second-order valence-corrected chi connectivity index (χ2v) is 8.67. The van der Waals surface area contributed by atoms with Gasteiger partial charge in [0.2, 0.25) is 5.09 Å². The van der Waals surface area contributed by atoms with E-state index in [2.05, 4.69) is 5.32 Å². The SMILES string of the molecule is O=C(O)[C@]12CCCN[C@@H]1CCN(S(=O)(=O)c1cc3ccccc3o1)C2. The third kappa shape index (κ3) is 2.56. The van der Waals surface area contributed by atoms with Crippen molar-refractivity contribution < 1.29 is 22.7 Å². The minimum atomic E-state index is -3.87. The lowest BCUT2D eigenvalue weighted by Gasteiger charge is -2.47. The predicted molar refractivity (Wildman–Crippen MR) is 90.7 cm³/mol. The molecular formula is C17H20N2O5S. The first kappa shape index (κ1) is 16.6. The van der Waals surface area contributed by atoms with Gasteiger partial charge in [0.1, 0.15) is 5.58 Å². The molecular weight excluding hydrogens is 344 g/mol. The molecule has 0 amide bonds. The van der Waals surface area contributed by atoms with Gasteiger partial charge in [0.25, 0.3) is 10.0 Å². The van der Waals surface area contributed by atoms with Gasteiger partial charge in [0.15, 0.2) is 0 Å². The molecule has 1 aromatic carbocycles. The molecule has 0 unspecified atom stereocenters. The Kier molecular flexibility index (Phi) is 3.86. The van der Waals surface area contributed by atoms with Gasteiger partial charge in [0, 0.05) is 30.6 Å². The number of hydrogen-bond acceptors (Lipinski definition) is 5. The van der Waals surface area contributed by atoms with Crippen LogP contribution in [0.4, 0.5) is 0 Å². The van der Waals surface area contributed by atoms with Gasteiger partial charge in [-0.1, -0.05) is 18.2 Å². The lowest BCUT2D eigenvalue weighted by Crippen LogP contribution is -2.63. The number of carboxylic acids is 1. The van der Waals surface area contributed by atoms with Gasteiger partial charge in [-0.15, -0.1) is 0 Å². The van der Waals surface area contributed by atoms with Gasteiger partial charge in [-0.3, -0.25) is 4.79 Å². The molecule has 2 N–H and O–H groups in total. The fourth-order valence-corrected chi connectivity index (χ4v) is 5.50. The number of nitrogens with one attached hydrogen (secondary N) is 1. The molecule has 2 aromatic rings. The highest BCUT2D eigenvalue weighted by molar-refractivity contribution is 7.89. The molecule has 2 aliphatic rings. The van der Waals surface area contributed by atoms with Gasteiger partial charge in [-0.05, 0) is 31.9 Å². The minimum Gasteiger partial charge on any atom is -0.481 e. The lowest BCUT2D eigenvalue weighted by atomic mass is 9.71. The van der Waals surface area contributed by atoms with Crippen LogP contribution >= 0.6 is 0 Å². The molecule has 0 saturated carbocycles. The summed E-state index contributed by atoms with van der Waals surface area (Å²) in [5.74, 6) is -0.936. The van der Waals surface area contributed by atoms with Crippen LogP contribution in [-0.2, 0) is 14.8 Å². The van der Waals surface area contributed by atoms with Crippen molar-refractivity contribution in [3.8, 4) is 0 Å². The van der Waals surface area contributed by atoms with E-state index in [9.17, 15) is 18.3 Å². The number of benzene rings is 1. The summed E-state index contributed by atoms with van der Waals surface area (Å²) in [5.41, 5.74) is -0.571. The minimum absolute atomic E-state index is 0.0284. The number of sulfonamides is 1. The molecule has 2 fully saturated rings. The van der Waals surface area contributed by atoms with Crippen LogP contribution in [0.3, 0.4) is 0 Å². The van der Waals surface area contributed by atoms with Crippen LogP contribution in [0.1, 0.15) is 19.3 Å². The number of hydrogen-bond donors (Lipinski definition) is 2. The van der Waals surface area contributed by atoms with E-state index in [-0.39, 0.29) is 24.2 Å². The highest BCUT2D eigenvalue weighted by Crippen LogP contribution is 2.40. The molecule has 0 spiro atoms. The molecule has 0 aliphatic carbocycles. The number of nitrogens with zero attached hydrogens (tertiary/aromatic N) is 1. The van der Waals surface area contributed by atoms with E-state index >= 15 is 0 Å². The molecule has 0 radical (unpaired) electrons. The van der Waals surface area contributed by atoms with Crippen LogP contribution in [0, 0.1) is 5.41 Å². The first-order chi connectivity index (χ1) is 11.9. The smallest absolute Gasteiger partial charge is 0.312 e. The van der Waals surface area contributed by atoms with E-state index < -0.39 is 21.4 Å². The first-order valence-corrected chi connectivity index (χ1v) is 9.83. The summed E-state index contributed by atoms with van der Waals surface area (Å²) in [6.07, 6.45) is 1.68. The van der Waals surface area contributed by atoms with E-state index in [1.165, 1.54) is 10.4 Å². The average molecular weight is 364 g/mol. The van der Waals surface area contributed by atoms with Gasteiger partial charge in [0.05, 0.1) is 5.41 Å². The average Bonchev–Trinajstić information content (AvgIpc) is 3.06. The number of piperidine rings is 2. The molecule has 2 saturated heterocycles. The van der Waals surface area contributed by atoms with Crippen molar-refractivity contribution in [3.63, 3.8) is 0 Å². The summed E-state index contributed by atoms with van der Waals surface area (Å²) in [5, 5.41) is 13.6. The molecule has 7 nitrogen and oxygen atoms in total. The second-order valence-electron chi connectivity index (χ2n) is 6.80. The summed E-state index contributed by atoms with van der Waals surface area (Å²) in [7, 11) is -3.87. The van der Waals surface area contributed by atoms with Crippen molar-refractivity contribution >= 4 is 27.0 Å². The summed E-state index contributed by atoms with van der Waals surface area (Å²) in [6, 6.07) is 8.40. The van der Waals surface area contributed by atoms with Crippen LogP contribution in [0.5, 0.6) is 0 Å². The van der Waals surface area contributed by atoms with Crippen LogP contribution in [0.25, 0.3) is 11.0 Å². The van der Waals surface area contributed by atoms with Crippen molar-refractivity contribution in [2.24, 2.45) is 5.41 Å². The highest BCUT2D eigenvalue weighted by atomic mass is 32.2. The van der Waals surface area contributed by atoms with Crippen molar-refractivity contribution in [1.29, 1.82) is 0 Å². The second kappa shape index (κ2) is 5.82. The Morgan fingerprint density at radius 2 is 2.16 bits per heavy atom. The molecule has 4 rings (SSSR count). The fourth-order valence-electron chi connectivity index (χ4n) is 4.02. The number of carbonyl (C=O) groups is 1. The zero-order valence-electron chi connectivity index (χ0n) is 13.6. The number of aliphatic carboxylic acids is 1. The Morgan fingerprint density at radius 3 is 2.92 bits per heavy atom. The predicted octanol–water partition coefficient (Wildman–Crippen LogP) is 1.65. The van der Waals surface area contributed by atoms with Gasteiger partial charge < -0.3 is 14.8 Å². The Balaban J connectivity index is 1.69. The van der Waals surface area contributed by atoms with Crippen molar-refractivity contribution in [2.75, 3.05) is 19.6 Å². The van der Waals surface area contributed by atoms with Crippen molar-refractivity contribution in [1.82, 2.24) is 9.62 Å². The van der Waals surface area contributed by atoms with E-state index in [4.69, 9.17) is 4.42 Å². The standard InChI is InChI=1S/C17H20N2O5S/c20-16(21)17-7-3-8-18-14(17)6-9-19(11-17)25(22,23)15-10-12-4-1-2-5-13(12)24-15/h1-2,4-5,10,14,18H,3,6-9,11H2,(H,20,21)/t14-,17+/m1/s1. The molecule has 0 bridgehead atoms. The molecule has 134 valence electrons. The quantitative estimate of drug-likeness (QED) is 0.859. The number of fused-ring (bicyclic) bond motifs is 2. The van der Waals surface area contributed by atoms with Gasteiger partial charge in [-0.25, -0.2) is 8.42 Å². The molecule has 2 aliphatic heterocycles. The number of carboxylic acid groups (broad SMARTS) is 1. The van der Waals surface area contributed by atoms with Crippen molar-refractivity contribution in [3.05, 3.63) is 30.3 Å². The van der Waals surface area contributed by atoms with Gasteiger partial charge >= 0.3 is 5.97 Å². The molecule has 25 heavy (non-hydrogen) atoms. The third-order valence-corrected chi connectivity index (χ3v) is 7.11. The van der Waals surface area contributed by atoms with E-state index in [0.29, 0.717) is 23.8 Å². The van der Waals surface area contributed by atoms with Crippen LogP contribution in [0.2, 0.25) is 0 Å². The van der Waals surface area contributed by atoms with E-state index in [1.54, 1.807) is 18.2 Å². The summed E-state index contributed by atoms with van der Waals surface area (Å²) >= 11 is 0. The number of para-hydroxylation sites is 1. The number of rotatable bonds is 3. The largest absolute Gasteiger partial charge is 0.481 e. The first-order valence-electron chi connectivity index (χ1n) is 8.39.